The first-order chi connectivity index (χ1) is 14.8. The number of hydrogen-bond acceptors (Lipinski definition) is 6. The van der Waals surface area contributed by atoms with Crippen molar-refractivity contribution in [2.45, 2.75) is 32.5 Å². The molecule has 2 heterocycles. The lowest BCUT2D eigenvalue weighted by molar-refractivity contribution is -0.146. The molecule has 1 amide bonds. The molecular formula is C19H17ClF4N6O2. The summed E-state index contributed by atoms with van der Waals surface area (Å²) in [5, 5.41) is 5.82. The zero-order valence-electron chi connectivity index (χ0n) is 17.0. The maximum Gasteiger partial charge on any atom is 0.433 e. The molecule has 0 bridgehead atoms. The molecule has 8 nitrogen and oxygen atoms in total. The Balaban J connectivity index is 1.86. The van der Waals surface area contributed by atoms with Crippen LogP contribution in [0.1, 0.15) is 36.8 Å². The highest BCUT2D eigenvalue weighted by Gasteiger charge is 2.42. The molecule has 0 aliphatic rings. The number of nitrogens with zero attached hydrogens (tertiary/aromatic N) is 4. The number of carbonyl (C=O) groups is 1. The zero-order valence-corrected chi connectivity index (χ0v) is 17.7. The molecule has 0 saturated carbocycles. The van der Waals surface area contributed by atoms with Crippen molar-refractivity contribution < 1.29 is 27.1 Å². The van der Waals surface area contributed by atoms with Gasteiger partial charge in [0.1, 0.15) is 17.2 Å². The summed E-state index contributed by atoms with van der Waals surface area (Å²) in [6.07, 6.45) is -2.95. The molecule has 170 valence electrons. The molecule has 3 rings (SSSR count). The zero-order chi connectivity index (χ0) is 23.8. The van der Waals surface area contributed by atoms with Crippen molar-refractivity contribution in [3.63, 3.8) is 0 Å². The summed E-state index contributed by atoms with van der Waals surface area (Å²) in [5.74, 6) is -2.61. The van der Waals surface area contributed by atoms with Gasteiger partial charge in [-0.3, -0.25) is 9.48 Å². The smallest absolute Gasteiger partial charge is 0.433 e. The number of nitrogens with one attached hydrogen (secondary N) is 1. The second-order valence-electron chi connectivity index (χ2n) is 7.57. The maximum atomic E-state index is 14.5. The van der Waals surface area contributed by atoms with E-state index in [2.05, 4.69) is 20.4 Å². The molecule has 3 N–H and O–H groups in total. The molecule has 0 aliphatic carbocycles. The van der Waals surface area contributed by atoms with Gasteiger partial charge in [0.15, 0.2) is 17.3 Å². The molecule has 1 aromatic carbocycles. The van der Waals surface area contributed by atoms with Gasteiger partial charge in [-0.05, 0) is 32.9 Å². The topological polar surface area (TPSA) is 108 Å². The largest absolute Gasteiger partial charge is 0.434 e. The van der Waals surface area contributed by atoms with Crippen LogP contribution in [-0.2, 0) is 11.7 Å². The van der Waals surface area contributed by atoms with Gasteiger partial charge in [0.05, 0.1) is 17.3 Å². The van der Waals surface area contributed by atoms with Crippen molar-refractivity contribution in [2.24, 2.45) is 0 Å². The van der Waals surface area contributed by atoms with Gasteiger partial charge in [0, 0.05) is 11.8 Å². The first kappa shape index (κ1) is 23.3. The Labute approximate surface area is 184 Å². The third-order valence-electron chi connectivity index (χ3n) is 4.10. The van der Waals surface area contributed by atoms with E-state index >= 15 is 0 Å². The van der Waals surface area contributed by atoms with Crippen LogP contribution >= 0.6 is 11.6 Å². The van der Waals surface area contributed by atoms with Crippen molar-refractivity contribution >= 4 is 29.0 Å². The van der Waals surface area contributed by atoms with Crippen LogP contribution in [0.15, 0.2) is 30.7 Å². The van der Waals surface area contributed by atoms with E-state index < -0.39 is 34.7 Å². The lowest BCUT2D eigenvalue weighted by atomic mass is 10.1. The number of alkyl halides is 3. The second-order valence-corrected chi connectivity index (χ2v) is 7.94. The summed E-state index contributed by atoms with van der Waals surface area (Å²) in [7, 11) is 0. The molecule has 3 aromatic rings. The highest BCUT2D eigenvalue weighted by Crippen LogP contribution is 2.36. The number of anilines is 2. The van der Waals surface area contributed by atoms with E-state index in [0.29, 0.717) is 0 Å². The Morgan fingerprint density at radius 1 is 1.22 bits per heavy atom. The van der Waals surface area contributed by atoms with E-state index in [1.54, 1.807) is 0 Å². The van der Waals surface area contributed by atoms with E-state index in [-0.39, 0.29) is 28.2 Å². The van der Waals surface area contributed by atoms with Gasteiger partial charge >= 0.3 is 6.18 Å². The summed E-state index contributed by atoms with van der Waals surface area (Å²) in [5.41, 5.74) is 2.49. The molecule has 0 aliphatic heterocycles. The second kappa shape index (κ2) is 8.26. The van der Waals surface area contributed by atoms with Gasteiger partial charge in [-0.25, -0.2) is 9.37 Å². The van der Waals surface area contributed by atoms with Gasteiger partial charge in [0.2, 0.25) is 5.88 Å². The van der Waals surface area contributed by atoms with Crippen LogP contribution in [0.25, 0.3) is 0 Å². The minimum Gasteiger partial charge on any atom is -0.434 e. The summed E-state index contributed by atoms with van der Waals surface area (Å²) in [6, 6.07) is 3.24. The molecule has 0 spiro atoms. The molecule has 0 saturated heterocycles. The molecule has 13 heteroatoms. The van der Waals surface area contributed by atoms with E-state index in [0.717, 1.165) is 29.3 Å². The SMILES string of the molecule is CC(C)(C)n1ncc(C(=O)Nc2ccc(Oc3ncnc(N)c3Cl)c(F)c2)c1C(F)(F)F. The van der Waals surface area contributed by atoms with Crippen LogP contribution in [0.4, 0.5) is 29.1 Å². The first-order valence-electron chi connectivity index (χ1n) is 8.99. The van der Waals surface area contributed by atoms with Crippen LogP contribution < -0.4 is 15.8 Å². The van der Waals surface area contributed by atoms with Crippen molar-refractivity contribution in [1.29, 1.82) is 0 Å². The predicted molar refractivity (Wildman–Crippen MR) is 108 cm³/mol. The number of nitrogens with two attached hydrogens (primary N) is 1. The summed E-state index contributed by atoms with van der Waals surface area (Å²) in [6.45, 7) is 4.55. The molecule has 0 fully saturated rings. The van der Waals surface area contributed by atoms with Crippen molar-refractivity contribution in [2.75, 3.05) is 11.1 Å². The van der Waals surface area contributed by atoms with Crippen LogP contribution in [-0.4, -0.2) is 25.7 Å². The van der Waals surface area contributed by atoms with Gasteiger partial charge < -0.3 is 15.8 Å². The third-order valence-corrected chi connectivity index (χ3v) is 4.45. The normalized spacial score (nSPS) is 12.0. The van der Waals surface area contributed by atoms with Crippen molar-refractivity contribution in [1.82, 2.24) is 19.7 Å². The number of aromatic nitrogens is 4. The number of halogens is 5. The van der Waals surface area contributed by atoms with Gasteiger partial charge in [-0.1, -0.05) is 11.6 Å². The van der Waals surface area contributed by atoms with E-state index in [4.69, 9.17) is 22.1 Å². The van der Waals surface area contributed by atoms with Crippen molar-refractivity contribution in [3.05, 3.63) is 52.8 Å². The third kappa shape index (κ3) is 4.74. The van der Waals surface area contributed by atoms with E-state index in [1.165, 1.54) is 26.8 Å². The molecular weight excluding hydrogens is 456 g/mol. The number of rotatable bonds is 4. The Hall–Kier alpha value is -3.41. The Morgan fingerprint density at radius 3 is 2.50 bits per heavy atom. The minimum atomic E-state index is -4.84. The van der Waals surface area contributed by atoms with Crippen LogP contribution in [0.5, 0.6) is 11.6 Å². The van der Waals surface area contributed by atoms with Crippen LogP contribution in [0.3, 0.4) is 0 Å². The van der Waals surface area contributed by atoms with Gasteiger partial charge in [-0.2, -0.15) is 23.3 Å². The predicted octanol–water partition coefficient (Wildman–Crippen LogP) is 4.87. The summed E-state index contributed by atoms with van der Waals surface area (Å²) >= 11 is 5.89. The van der Waals surface area contributed by atoms with Crippen LogP contribution in [0.2, 0.25) is 5.02 Å². The van der Waals surface area contributed by atoms with Gasteiger partial charge in [0.25, 0.3) is 5.91 Å². The van der Waals surface area contributed by atoms with Crippen molar-refractivity contribution in [3.8, 4) is 11.6 Å². The van der Waals surface area contributed by atoms with E-state index in [9.17, 15) is 22.4 Å². The Kier molecular flexibility index (Phi) is 6.00. The van der Waals surface area contributed by atoms with E-state index in [1.807, 2.05) is 0 Å². The quantitative estimate of drug-likeness (QED) is 0.525. The number of nitrogen functional groups attached to an aromatic ring is 1. The fraction of sp³-hybridized carbons (Fsp3) is 0.263. The minimum absolute atomic E-state index is 0.0720. The molecule has 0 radical (unpaired) electrons. The molecule has 0 atom stereocenters. The number of hydrogen-bond donors (Lipinski definition) is 2. The Bertz CT molecular complexity index is 1170. The van der Waals surface area contributed by atoms with Crippen LogP contribution in [0, 0.1) is 5.82 Å². The lowest BCUT2D eigenvalue weighted by Crippen LogP contribution is -2.30. The highest BCUT2D eigenvalue weighted by molar-refractivity contribution is 6.34. The van der Waals surface area contributed by atoms with Gasteiger partial charge in [-0.15, -0.1) is 0 Å². The average molecular weight is 473 g/mol. The monoisotopic (exact) mass is 472 g/mol. The highest BCUT2D eigenvalue weighted by atomic mass is 35.5. The average Bonchev–Trinajstić information content (AvgIpc) is 3.14. The summed E-state index contributed by atoms with van der Waals surface area (Å²) < 4.78 is 61.3. The number of benzene rings is 1. The number of ether oxygens (including phenoxy) is 1. The standard InChI is InChI=1S/C19H17ClF4N6O2/c1-18(2,3)30-14(19(22,23)24)10(7-28-30)16(31)29-9-4-5-12(11(21)6-9)32-17-13(20)15(25)26-8-27-17/h4-8H,1-3H3,(H,29,31)(H2,25,26,27). The molecule has 0 unspecified atom stereocenters. The maximum absolute atomic E-state index is 14.5. The molecule has 2 aromatic heterocycles. The lowest BCUT2D eigenvalue weighted by Gasteiger charge is -2.23. The number of amides is 1. The molecule has 32 heavy (non-hydrogen) atoms. The fourth-order valence-electron chi connectivity index (χ4n) is 2.70. The fourth-order valence-corrected chi connectivity index (χ4v) is 2.83. The first-order valence-corrected chi connectivity index (χ1v) is 9.37. The number of carbonyl (C=O) groups excluding carboxylic acids is 1. The summed E-state index contributed by atoms with van der Waals surface area (Å²) in [4.78, 5) is 19.9. The Morgan fingerprint density at radius 2 is 1.91 bits per heavy atom.